The molecule has 0 saturated heterocycles. The number of aryl methyl sites for hydroxylation is 1. The van der Waals surface area contributed by atoms with Crippen molar-refractivity contribution in [2.24, 2.45) is 5.14 Å². The summed E-state index contributed by atoms with van der Waals surface area (Å²) in [6.07, 6.45) is 0. The van der Waals surface area contributed by atoms with E-state index in [1.54, 1.807) is 19.1 Å². The highest BCUT2D eigenvalue weighted by Gasteiger charge is 2.12. The number of carbonyl (C=O) groups is 1. The number of nitrogens with two attached hydrogens (primary N) is 1. The molecule has 0 heterocycles. The van der Waals surface area contributed by atoms with Crippen molar-refractivity contribution in [1.29, 1.82) is 0 Å². The Kier molecular flexibility index (Phi) is 3.97. The van der Waals surface area contributed by atoms with Crippen LogP contribution in [0.15, 0.2) is 47.4 Å². The highest BCUT2D eigenvalue weighted by molar-refractivity contribution is 7.89. The Labute approximate surface area is 122 Å². The monoisotopic (exact) mass is 306 g/mol. The predicted octanol–water partition coefficient (Wildman–Crippen LogP) is 1.60. The Morgan fingerprint density at radius 2 is 1.76 bits per heavy atom. The van der Waals surface area contributed by atoms with Gasteiger partial charge in [0.25, 0.3) is 5.91 Å². The van der Waals surface area contributed by atoms with E-state index in [1.807, 2.05) is 0 Å². The van der Waals surface area contributed by atoms with Crippen molar-refractivity contribution in [1.82, 2.24) is 0 Å². The topological polar surface area (TPSA) is 109 Å². The SMILES string of the molecule is Cc1ccc(O)c(C(=O)Nc2ccc(S(N)(=O)=O)cc2)c1. The fourth-order valence-electron chi connectivity index (χ4n) is 1.76. The van der Waals surface area contributed by atoms with Gasteiger partial charge in [-0.15, -0.1) is 0 Å². The van der Waals surface area contributed by atoms with Crippen LogP contribution >= 0.6 is 0 Å². The van der Waals surface area contributed by atoms with Crippen molar-refractivity contribution in [3.8, 4) is 5.75 Å². The van der Waals surface area contributed by atoms with Gasteiger partial charge in [-0.2, -0.15) is 0 Å². The van der Waals surface area contributed by atoms with Gasteiger partial charge in [0.15, 0.2) is 0 Å². The smallest absolute Gasteiger partial charge is 0.259 e. The average Bonchev–Trinajstić information content (AvgIpc) is 2.41. The van der Waals surface area contributed by atoms with E-state index in [1.165, 1.54) is 30.3 Å². The summed E-state index contributed by atoms with van der Waals surface area (Å²) in [5, 5.41) is 17.2. The van der Waals surface area contributed by atoms with Crippen LogP contribution in [-0.2, 0) is 10.0 Å². The molecule has 0 bridgehead atoms. The molecule has 0 aliphatic rings. The molecule has 0 radical (unpaired) electrons. The molecule has 0 spiro atoms. The van der Waals surface area contributed by atoms with E-state index < -0.39 is 15.9 Å². The number of sulfonamides is 1. The van der Waals surface area contributed by atoms with Crippen molar-refractivity contribution in [3.63, 3.8) is 0 Å². The molecule has 0 unspecified atom stereocenters. The number of aromatic hydroxyl groups is 1. The molecule has 0 aliphatic carbocycles. The maximum Gasteiger partial charge on any atom is 0.259 e. The van der Waals surface area contributed by atoms with Crippen molar-refractivity contribution in [2.75, 3.05) is 5.32 Å². The Morgan fingerprint density at radius 3 is 2.33 bits per heavy atom. The summed E-state index contributed by atoms with van der Waals surface area (Å²) in [6, 6.07) is 10.1. The molecule has 0 aromatic heterocycles. The molecule has 4 N–H and O–H groups in total. The standard InChI is InChI=1S/C14H14N2O4S/c1-9-2-7-13(17)12(8-9)14(18)16-10-3-5-11(6-4-10)21(15,19)20/h2-8,17H,1H3,(H,16,18)(H2,15,19,20). The number of benzene rings is 2. The van der Waals surface area contributed by atoms with Crippen molar-refractivity contribution >= 4 is 21.6 Å². The first kappa shape index (κ1) is 15.0. The summed E-state index contributed by atoms with van der Waals surface area (Å²) in [5.74, 6) is -0.612. The highest BCUT2D eigenvalue weighted by Crippen LogP contribution is 2.20. The van der Waals surface area contributed by atoms with Gasteiger partial charge in [0.1, 0.15) is 5.75 Å². The second kappa shape index (κ2) is 5.55. The molecule has 0 aliphatic heterocycles. The third-order valence-corrected chi connectivity index (χ3v) is 3.77. The number of rotatable bonds is 3. The Balaban J connectivity index is 2.22. The third-order valence-electron chi connectivity index (χ3n) is 2.84. The summed E-state index contributed by atoms with van der Waals surface area (Å²) in [6.45, 7) is 1.80. The molecular weight excluding hydrogens is 292 g/mol. The molecule has 0 fully saturated rings. The molecule has 7 heteroatoms. The largest absolute Gasteiger partial charge is 0.507 e. The number of hydrogen-bond donors (Lipinski definition) is 3. The zero-order valence-corrected chi connectivity index (χ0v) is 12.0. The first-order valence-electron chi connectivity index (χ1n) is 6.01. The van der Waals surface area contributed by atoms with E-state index in [-0.39, 0.29) is 16.2 Å². The van der Waals surface area contributed by atoms with Gasteiger partial charge in [0.2, 0.25) is 10.0 Å². The van der Waals surface area contributed by atoms with Crippen LogP contribution in [0.25, 0.3) is 0 Å². The summed E-state index contributed by atoms with van der Waals surface area (Å²) < 4.78 is 22.3. The van der Waals surface area contributed by atoms with Crippen LogP contribution in [0.4, 0.5) is 5.69 Å². The highest BCUT2D eigenvalue weighted by atomic mass is 32.2. The van der Waals surface area contributed by atoms with Crippen LogP contribution in [-0.4, -0.2) is 19.4 Å². The second-order valence-corrected chi connectivity index (χ2v) is 6.11. The quantitative estimate of drug-likeness (QED) is 0.800. The van der Waals surface area contributed by atoms with Gasteiger partial charge in [-0.25, -0.2) is 13.6 Å². The van der Waals surface area contributed by atoms with Crippen LogP contribution < -0.4 is 10.5 Å². The lowest BCUT2D eigenvalue weighted by molar-refractivity contribution is 0.102. The number of primary sulfonamides is 1. The molecule has 2 rings (SSSR count). The number of anilines is 1. The Morgan fingerprint density at radius 1 is 1.14 bits per heavy atom. The van der Waals surface area contributed by atoms with Gasteiger partial charge < -0.3 is 10.4 Å². The average molecular weight is 306 g/mol. The molecule has 0 atom stereocenters. The van der Waals surface area contributed by atoms with E-state index in [9.17, 15) is 18.3 Å². The maximum absolute atomic E-state index is 12.1. The van der Waals surface area contributed by atoms with Crippen molar-refractivity contribution in [2.45, 2.75) is 11.8 Å². The molecule has 2 aromatic carbocycles. The number of hydrogen-bond acceptors (Lipinski definition) is 4. The lowest BCUT2D eigenvalue weighted by Gasteiger charge is -2.08. The van der Waals surface area contributed by atoms with Gasteiger partial charge >= 0.3 is 0 Å². The maximum atomic E-state index is 12.1. The van der Waals surface area contributed by atoms with Gasteiger partial charge in [-0.1, -0.05) is 11.6 Å². The fourth-order valence-corrected chi connectivity index (χ4v) is 2.27. The number of phenolic OH excluding ortho intramolecular Hbond substituents is 1. The minimum Gasteiger partial charge on any atom is -0.507 e. The van der Waals surface area contributed by atoms with Gasteiger partial charge in [-0.05, 0) is 43.3 Å². The summed E-state index contributed by atoms with van der Waals surface area (Å²) in [5.41, 5.74) is 1.38. The Hall–Kier alpha value is -2.38. The van der Waals surface area contributed by atoms with Crippen LogP contribution in [0, 0.1) is 6.92 Å². The molecule has 2 aromatic rings. The van der Waals surface area contributed by atoms with E-state index in [0.717, 1.165) is 5.56 Å². The minimum atomic E-state index is -3.77. The summed E-state index contributed by atoms with van der Waals surface area (Å²) in [4.78, 5) is 12.0. The fraction of sp³-hybridized carbons (Fsp3) is 0.0714. The van der Waals surface area contributed by atoms with E-state index in [4.69, 9.17) is 5.14 Å². The van der Waals surface area contributed by atoms with Crippen LogP contribution in [0.5, 0.6) is 5.75 Å². The zero-order chi connectivity index (χ0) is 15.6. The lowest BCUT2D eigenvalue weighted by atomic mass is 10.1. The first-order chi connectivity index (χ1) is 9.77. The van der Waals surface area contributed by atoms with Gasteiger partial charge in [0, 0.05) is 5.69 Å². The van der Waals surface area contributed by atoms with Crippen LogP contribution in [0.1, 0.15) is 15.9 Å². The predicted molar refractivity (Wildman–Crippen MR) is 78.6 cm³/mol. The van der Waals surface area contributed by atoms with Crippen LogP contribution in [0.3, 0.4) is 0 Å². The normalized spacial score (nSPS) is 11.1. The number of carbonyl (C=O) groups excluding carboxylic acids is 1. The van der Waals surface area contributed by atoms with E-state index in [2.05, 4.69) is 5.32 Å². The third kappa shape index (κ3) is 3.59. The number of phenols is 1. The van der Waals surface area contributed by atoms with E-state index in [0.29, 0.717) is 5.69 Å². The summed E-state index contributed by atoms with van der Waals surface area (Å²) in [7, 11) is -3.77. The Bertz CT molecular complexity index is 783. The van der Waals surface area contributed by atoms with Gasteiger partial charge in [0.05, 0.1) is 10.5 Å². The lowest BCUT2D eigenvalue weighted by Crippen LogP contribution is -2.14. The molecular formula is C14H14N2O4S. The minimum absolute atomic E-state index is 0.0427. The van der Waals surface area contributed by atoms with Crippen LogP contribution in [0.2, 0.25) is 0 Å². The van der Waals surface area contributed by atoms with E-state index >= 15 is 0 Å². The number of amides is 1. The van der Waals surface area contributed by atoms with Gasteiger partial charge in [-0.3, -0.25) is 4.79 Å². The molecule has 110 valence electrons. The molecule has 1 amide bonds. The van der Waals surface area contributed by atoms with Crippen molar-refractivity contribution < 1.29 is 18.3 Å². The second-order valence-electron chi connectivity index (χ2n) is 4.54. The molecule has 21 heavy (non-hydrogen) atoms. The summed E-state index contributed by atoms with van der Waals surface area (Å²) >= 11 is 0. The first-order valence-corrected chi connectivity index (χ1v) is 7.56. The number of nitrogens with one attached hydrogen (secondary N) is 1. The molecule has 6 nitrogen and oxygen atoms in total. The van der Waals surface area contributed by atoms with Crippen molar-refractivity contribution in [3.05, 3.63) is 53.6 Å². The zero-order valence-electron chi connectivity index (χ0n) is 11.2. The molecule has 0 saturated carbocycles.